The predicted octanol–water partition coefficient (Wildman–Crippen LogP) is 2.12. The fraction of sp³-hybridized carbons (Fsp3) is 0.545. The fourth-order valence-electron chi connectivity index (χ4n) is 5.19. The smallest absolute Gasteiger partial charge is 0.246 e. The highest BCUT2D eigenvalue weighted by Gasteiger charge is 2.56. The SMILES string of the molecule is Cc1nc(-c2ccccn2)ncc1S(=O)(=O)N1CCN(C(=O)C2C3CCCCC32)CC1. The Morgan fingerprint density at radius 2 is 1.74 bits per heavy atom. The van der Waals surface area contributed by atoms with Crippen molar-refractivity contribution in [1.82, 2.24) is 24.2 Å². The molecule has 1 saturated heterocycles. The molecule has 3 aliphatic rings. The Bertz CT molecular complexity index is 1070. The third-order valence-electron chi connectivity index (χ3n) is 6.94. The summed E-state index contributed by atoms with van der Waals surface area (Å²) >= 11 is 0. The van der Waals surface area contributed by atoms with Gasteiger partial charge in [-0.25, -0.2) is 18.4 Å². The average Bonchev–Trinajstić information content (AvgIpc) is 3.53. The minimum Gasteiger partial charge on any atom is -0.340 e. The van der Waals surface area contributed by atoms with Crippen molar-refractivity contribution in [2.45, 2.75) is 37.5 Å². The molecule has 9 heteroatoms. The number of aryl methyl sites for hydroxylation is 1. The first kappa shape index (κ1) is 20.5. The minimum absolute atomic E-state index is 0.111. The molecule has 0 radical (unpaired) electrons. The van der Waals surface area contributed by atoms with E-state index in [1.54, 1.807) is 25.3 Å². The van der Waals surface area contributed by atoms with Crippen molar-refractivity contribution in [2.24, 2.45) is 17.8 Å². The average molecular weight is 442 g/mol. The molecule has 0 aromatic carbocycles. The molecule has 1 aliphatic heterocycles. The lowest BCUT2D eigenvalue weighted by Gasteiger charge is -2.34. The second kappa shape index (κ2) is 7.94. The Balaban J connectivity index is 1.26. The van der Waals surface area contributed by atoms with E-state index in [0.29, 0.717) is 55.2 Å². The molecule has 0 bridgehead atoms. The van der Waals surface area contributed by atoms with Gasteiger partial charge in [0.05, 0.1) is 11.9 Å². The maximum Gasteiger partial charge on any atom is 0.246 e. The lowest BCUT2D eigenvalue weighted by atomic mass is 10.0. The number of piperazine rings is 1. The highest BCUT2D eigenvalue weighted by molar-refractivity contribution is 7.89. The van der Waals surface area contributed by atoms with Gasteiger partial charge in [0.15, 0.2) is 5.82 Å². The van der Waals surface area contributed by atoms with Gasteiger partial charge in [-0.2, -0.15) is 4.31 Å². The summed E-state index contributed by atoms with van der Waals surface area (Å²) in [5.74, 6) is 1.95. The highest BCUT2D eigenvalue weighted by Crippen LogP contribution is 2.56. The van der Waals surface area contributed by atoms with Crippen LogP contribution in [0.5, 0.6) is 0 Å². The summed E-state index contributed by atoms with van der Waals surface area (Å²) in [7, 11) is -3.72. The molecule has 1 amide bonds. The van der Waals surface area contributed by atoms with E-state index in [1.165, 1.54) is 36.2 Å². The van der Waals surface area contributed by atoms with E-state index in [-0.39, 0.29) is 16.7 Å². The molecule has 0 spiro atoms. The summed E-state index contributed by atoms with van der Waals surface area (Å²) in [4.78, 5) is 27.7. The molecule has 2 aromatic heterocycles. The molecule has 2 unspecified atom stereocenters. The second-order valence-electron chi connectivity index (χ2n) is 8.73. The number of amides is 1. The van der Waals surface area contributed by atoms with Crippen LogP contribution in [0.25, 0.3) is 11.5 Å². The lowest BCUT2D eigenvalue weighted by Crippen LogP contribution is -2.51. The first-order chi connectivity index (χ1) is 15.0. The van der Waals surface area contributed by atoms with Crippen molar-refractivity contribution < 1.29 is 13.2 Å². The highest BCUT2D eigenvalue weighted by atomic mass is 32.2. The Morgan fingerprint density at radius 1 is 1.03 bits per heavy atom. The summed E-state index contributed by atoms with van der Waals surface area (Å²) in [6, 6.07) is 5.43. The van der Waals surface area contributed by atoms with Gasteiger partial charge in [-0.05, 0) is 43.7 Å². The van der Waals surface area contributed by atoms with E-state index in [9.17, 15) is 13.2 Å². The van der Waals surface area contributed by atoms with Crippen LogP contribution in [0, 0.1) is 24.7 Å². The molecule has 2 atom stereocenters. The predicted molar refractivity (Wildman–Crippen MR) is 114 cm³/mol. The summed E-state index contributed by atoms with van der Waals surface area (Å²) in [6.45, 7) is 3.17. The summed E-state index contributed by atoms with van der Waals surface area (Å²) in [5, 5.41) is 0. The molecular formula is C22H27N5O3S. The molecule has 2 saturated carbocycles. The largest absolute Gasteiger partial charge is 0.340 e. The third-order valence-corrected chi connectivity index (χ3v) is 8.94. The number of carbonyl (C=O) groups excluding carboxylic acids is 1. The normalized spacial score (nSPS) is 26.4. The van der Waals surface area contributed by atoms with Gasteiger partial charge in [-0.15, -0.1) is 0 Å². The topological polar surface area (TPSA) is 96.4 Å². The van der Waals surface area contributed by atoms with Gasteiger partial charge in [0.25, 0.3) is 0 Å². The summed E-state index contributed by atoms with van der Waals surface area (Å²) in [5.41, 5.74) is 0.999. The van der Waals surface area contributed by atoms with Crippen LogP contribution in [-0.2, 0) is 14.8 Å². The van der Waals surface area contributed by atoms with E-state index in [0.717, 1.165) is 0 Å². The van der Waals surface area contributed by atoms with Gasteiger partial charge in [0.2, 0.25) is 15.9 Å². The zero-order valence-corrected chi connectivity index (χ0v) is 18.5. The number of rotatable bonds is 4. The van der Waals surface area contributed by atoms with Gasteiger partial charge in [0.1, 0.15) is 10.6 Å². The van der Waals surface area contributed by atoms with Gasteiger partial charge in [-0.3, -0.25) is 9.78 Å². The number of hydrogen-bond donors (Lipinski definition) is 0. The monoisotopic (exact) mass is 441 g/mol. The second-order valence-corrected chi connectivity index (χ2v) is 10.6. The van der Waals surface area contributed by atoms with Gasteiger partial charge in [-0.1, -0.05) is 18.9 Å². The van der Waals surface area contributed by atoms with Crippen LogP contribution in [0.3, 0.4) is 0 Å². The van der Waals surface area contributed by atoms with E-state index < -0.39 is 10.0 Å². The van der Waals surface area contributed by atoms with Crippen molar-refractivity contribution in [3.8, 4) is 11.5 Å². The zero-order chi connectivity index (χ0) is 21.6. The van der Waals surface area contributed by atoms with Crippen LogP contribution in [0.4, 0.5) is 0 Å². The molecule has 3 heterocycles. The Morgan fingerprint density at radius 3 is 2.35 bits per heavy atom. The van der Waals surface area contributed by atoms with Crippen molar-refractivity contribution >= 4 is 15.9 Å². The van der Waals surface area contributed by atoms with Crippen molar-refractivity contribution in [3.63, 3.8) is 0 Å². The number of aromatic nitrogens is 3. The Labute approximate surface area is 182 Å². The maximum absolute atomic E-state index is 13.2. The first-order valence-corrected chi connectivity index (χ1v) is 12.4. The van der Waals surface area contributed by atoms with E-state index in [2.05, 4.69) is 15.0 Å². The molecular weight excluding hydrogens is 414 g/mol. The molecule has 0 N–H and O–H groups in total. The van der Waals surface area contributed by atoms with Gasteiger partial charge in [0, 0.05) is 38.3 Å². The van der Waals surface area contributed by atoms with Crippen LogP contribution >= 0.6 is 0 Å². The lowest BCUT2D eigenvalue weighted by molar-refractivity contribution is -0.134. The molecule has 3 fully saturated rings. The number of hydrogen-bond acceptors (Lipinski definition) is 6. The molecule has 5 rings (SSSR count). The zero-order valence-electron chi connectivity index (χ0n) is 17.6. The molecule has 8 nitrogen and oxygen atoms in total. The first-order valence-electron chi connectivity index (χ1n) is 11.0. The standard InChI is InChI=1S/C22H27N5O3S/c1-15-19(14-24-21(25-15)18-8-4-5-9-23-18)31(29,30)27-12-10-26(11-13-27)22(28)20-16-6-2-3-7-17(16)20/h4-5,8-9,14,16-17,20H,2-3,6-7,10-13H2,1H3. The van der Waals surface area contributed by atoms with Crippen molar-refractivity contribution in [2.75, 3.05) is 26.2 Å². The molecule has 164 valence electrons. The minimum atomic E-state index is -3.72. The van der Waals surface area contributed by atoms with Crippen LogP contribution in [0.15, 0.2) is 35.5 Å². The number of pyridine rings is 1. The Kier molecular flexibility index (Phi) is 5.26. The Hall–Kier alpha value is -2.39. The third kappa shape index (κ3) is 3.74. The number of nitrogens with zero attached hydrogens (tertiary/aromatic N) is 5. The van der Waals surface area contributed by atoms with E-state index in [1.807, 2.05) is 11.0 Å². The quantitative estimate of drug-likeness (QED) is 0.721. The molecule has 31 heavy (non-hydrogen) atoms. The molecule has 2 aromatic rings. The van der Waals surface area contributed by atoms with E-state index >= 15 is 0 Å². The van der Waals surface area contributed by atoms with Gasteiger partial charge >= 0.3 is 0 Å². The summed E-state index contributed by atoms with van der Waals surface area (Å²) < 4.78 is 27.9. The van der Waals surface area contributed by atoms with Crippen LogP contribution < -0.4 is 0 Å². The fourth-order valence-corrected chi connectivity index (χ4v) is 6.71. The van der Waals surface area contributed by atoms with Crippen LogP contribution in [-0.4, -0.2) is 64.7 Å². The number of sulfonamides is 1. The van der Waals surface area contributed by atoms with E-state index in [4.69, 9.17) is 0 Å². The maximum atomic E-state index is 13.2. The molecule has 2 aliphatic carbocycles. The summed E-state index contributed by atoms with van der Waals surface area (Å²) in [6.07, 6.45) is 7.82. The van der Waals surface area contributed by atoms with Crippen LogP contribution in [0.1, 0.15) is 31.4 Å². The van der Waals surface area contributed by atoms with Crippen LogP contribution in [0.2, 0.25) is 0 Å². The number of fused-ring (bicyclic) bond motifs is 1. The van der Waals surface area contributed by atoms with Gasteiger partial charge < -0.3 is 4.90 Å². The van der Waals surface area contributed by atoms with Crippen molar-refractivity contribution in [3.05, 3.63) is 36.3 Å². The van der Waals surface area contributed by atoms with Crippen molar-refractivity contribution in [1.29, 1.82) is 0 Å². The number of carbonyl (C=O) groups is 1.